The van der Waals surface area contributed by atoms with E-state index in [1.54, 1.807) is 48.5 Å². The van der Waals surface area contributed by atoms with Gasteiger partial charge >= 0.3 is 0 Å². The smallest absolute Gasteiger partial charge is 0.264 e. The average Bonchev–Trinajstić information content (AvgIpc) is 3.08. The van der Waals surface area contributed by atoms with Crippen LogP contribution < -0.4 is 9.62 Å². The number of aryl methyl sites for hydroxylation is 1. The zero-order chi connectivity index (χ0) is 21.3. The van der Waals surface area contributed by atoms with Crippen molar-refractivity contribution in [1.82, 2.24) is 5.32 Å². The SMILES string of the molecule is Cc1cccc(CNC(=O)c2ccc3c(c2)C[C@@H](C)N3S(=O)(=O)c2ccccc2)c1. The molecule has 5 nitrogen and oxygen atoms in total. The molecule has 0 saturated heterocycles. The van der Waals surface area contributed by atoms with Crippen molar-refractivity contribution in [1.29, 1.82) is 0 Å². The number of nitrogens with one attached hydrogen (secondary N) is 1. The molecule has 0 fully saturated rings. The fourth-order valence-electron chi connectivity index (χ4n) is 3.92. The first kappa shape index (κ1) is 20.2. The lowest BCUT2D eigenvalue weighted by atomic mass is 10.1. The molecule has 0 saturated carbocycles. The van der Waals surface area contributed by atoms with E-state index in [0.29, 0.717) is 24.2 Å². The summed E-state index contributed by atoms with van der Waals surface area (Å²) in [5.41, 5.74) is 4.23. The van der Waals surface area contributed by atoms with E-state index in [4.69, 9.17) is 0 Å². The summed E-state index contributed by atoms with van der Waals surface area (Å²) in [5.74, 6) is -0.170. The van der Waals surface area contributed by atoms with Gasteiger partial charge in [0, 0.05) is 18.2 Å². The topological polar surface area (TPSA) is 66.5 Å². The number of rotatable bonds is 5. The summed E-state index contributed by atoms with van der Waals surface area (Å²) in [5, 5.41) is 2.94. The molecule has 3 aromatic rings. The normalized spacial score (nSPS) is 15.7. The van der Waals surface area contributed by atoms with Crippen LogP contribution in [-0.4, -0.2) is 20.4 Å². The molecule has 1 atom stereocenters. The molecular formula is C24H24N2O3S. The lowest BCUT2D eigenvalue weighted by Gasteiger charge is -2.24. The average molecular weight is 421 g/mol. The molecule has 4 rings (SSSR count). The van der Waals surface area contributed by atoms with Gasteiger partial charge in [0.25, 0.3) is 15.9 Å². The zero-order valence-electron chi connectivity index (χ0n) is 17.0. The third-order valence-electron chi connectivity index (χ3n) is 5.33. The van der Waals surface area contributed by atoms with Gasteiger partial charge in [0.15, 0.2) is 0 Å². The molecular weight excluding hydrogens is 396 g/mol. The van der Waals surface area contributed by atoms with E-state index in [1.807, 2.05) is 38.1 Å². The third kappa shape index (κ3) is 3.83. The van der Waals surface area contributed by atoms with Crippen LogP contribution in [0.25, 0.3) is 0 Å². The van der Waals surface area contributed by atoms with Gasteiger partial charge in [0.05, 0.1) is 10.6 Å². The lowest BCUT2D eigenvalue weighted by molar-refractivity contribution is 0.0951. The summed E-state index contributed by atoms with van der Waals surface area (Å²) in [7, 11) is -3.65. The summed E-state index contributed by atoms with van der Waals surface area (Å²) in [6.07, 6.45) is 0.570. The van der Waals surface area contributed by atoms with Crippen LogP contribution in [0.5, 0.6) is 0 Å². The van der Waals surface area contributed by atoms with Gasteiger partial charge in [-0.1, -0.05) is 48.0 Å². The largest absolute Gasteiger partial charge is 0.348 e. The van der Waals surface area contributed by atoms with Crippen LogP contribution in [0.15, 0.2) is 77.7 Å². The van der Waals surface area contributed by atoms with Crippen LogP contribution in [0, 0.1) is 6.92 Å². The van der Waals surface area contributed by atoms with Crippen molar-refractivity contribution in [3.05, 3.63) is 95.1 Å². The Bertz CT molecular complexity index is 1190. The van der Waals surface area contributed by atoms with Crippen molar-refractivity contribution in [3.63, 3.8) is 0 Å². The van der Waals surface area contributed by atoms with E-state index in [2.05, 4.69) is 5.32 Å². The fraction of sp³-hybridized carbons (Fsp3) is 0.208. The Balaban J connectivity index is 1.56. The second-order valence-corrected chi connectivity index (χ2v) is 9.50. The van der Waals surface area contributed by atoms with Crippen molar-refractivity contribution in [2.45, 2.75) is 37.8 Å². The van der Waals surface area contributed by atoms with Gasteiger partial charge in [-0.05, 0) is 61.7 Å². The molecule has 1 aliphatic heterocycles. The Labute approximate surface area is 177 Å². The van der Waals surface area contributed by atoms with Crippen LogP contribution in [0.2, 0.25) is 0 Å². The van der Waals surface area contributed by atoms with Gasteiger partial charge in [-0.2, -0.15) is 0 Å². The van der Waals surface area contributed by atoms with Gasteiger partial charge in [-0.3, -0.25) is 9.10 Å². The van der Waals surface area contributed by atoms with Gasteiger partial charge in [-0.15, -0.1) is 0 Å². The molecule has 0 aromatic heterocycles. The number of nitrogens with zero attached hydrogens (tertiary/aromatic N) is 1. The van der Waals surface area contributed by atoms with Crippen LogP contribution in [0.4, 0.5) is 5.69 Å². The van der Waals surface area contributed by atoms with Crippen molar-refractivity contribution >= 4 is 21.6 Å². The molecule has 6 heteroatoms. The molecule has 0 unspecified atom stereocenters. The first-order valence-electron chi connectivity index (χ1n) is 9.92. The number of fused-ring (bicyclic) bond motifs is 1. The maximum Gasteiger partial charge on any atom is 0.264 e. The number of carbonyl (C=O) groups is 1. The Morgan fingerprint density at radius 3 is 2.53 bits per heavy atom. The van der Waals surface area contributed by atoms with Crippen LogP contribution >= 0.6 is 0 Å². The van der Waals surface area contributed by atoms with E-state index in [1.165, 1.54) is 4.31 Å². The summed E-state index contributed by atoms with van der Waals surface area (Å²) < 4.78 is 27.8. The number of anilines is 1. The minimum Gasteiger partial charge on any atom is -0.348 e. The minimum absolute atomic E-state index is 0.170. The first-order chi connectivity index (χ1) is 14.4. The van der Waals surface area contributed by atoms with Gasteiger partial charge in [-0.25, -0.2) is 8.42 Å². The van der Waals surface area contributed by atoms with Crippen molar-refractivity contribution in [3.8, 4) is 0 Å². The molecule has 0 radical (unpaired) electrons. The molecule has 154 valence electrons. The number of carbonyl (C=O) groups excluding carboxylic acids is 1. The van der Waals surface area contributed by atoms with E-state index in [9.17, 15) is 13.2 Å². The second-order valence-electron chi connectivity index (χ2n) is 7.68. The molecule has 0 aliphatic carbocycles. The highest BCUT2D eigenvalue weighted by molar-refractivity contribution is 7.92. The quantitative estimate of drug-likeness (QED) is 0.677. The van der Waals surface area contributed by atoms with Crippen LogP contribution in [0.1, 0.15) is 34.0 Å². The van der Waals surface area contributed by atoms with E-state index in [0.717, 1.165) is 16.7 Å². The Hall–Kier alpha value is -3.12. The van der Waals surface area contributed by atoms with E-state index in [-0.39, 0.29) is 16.8 Å². The maximum absolute atomic E-state index is 13.2. The highest BCUT2D eigenvalue weighted by Crippen LogP contribution is 2.37. The third-order valence-corrected chi connectivity index (χ3v) is 7.27. The second kappa shape index (κ2) is 7.95. The predicted octanol–water partition coefficient (Wildman–Crippen LogP) is 4.06. The van der Waals surface area contributed by atoms with Gasteiger partial charge in [0.1, 0.15) is 0 Å². The first-order valence-corrected chi connectivity index (χ1v) is 11.4. The molecule has 1 amide bonds. The molecule has 0 spiro atoms. The fourth-order valence-corrected chi connectivity index (χ4v) is 5.64. The lowest BCUT2D eigenvalue weighted by Crippen LogP contribution is -2.35. The zero-order valence-corrected chi connectivity index (χ0v) is 17.8. The number of sulfonamides is 1. The minimum atomic E-state index is -3.65. The summed E-state index contributed by atoms with van der Waals surface area (Å²) in [6, 6.07) is 21.5. The molecule has 1 aliphatic rings. The number of hydrogen-bond acceptors (Lipinski definition) is 3. The number of benzene rings is 3. The Kier molecular flexibility index (Phi) is 5.35. The highest BCUT2D eigenvalue weighted by atomic mass is 32.2. The molecule has 0 bridgehead atoms. The van der Waals surface area contributed by atoms with Crippen molar-refractivity contribution < 1.29 is 13.2 Å². The van der Waals surface area contributed by atoms with Crippen LogP contribution in [0.3, 0.4) is 0 Å². The van der Waals surface area contributed by atoms with E-state index < -0.39 is 10.0 Å². The summed E-state index contributed by atoms with van der Waals surface area (Å²) in [6.45, 7) is 4.35. The number of hydrogen-bond donors (Lipinski definition) is 1. The Morgan fingerprint density at radius 1 is 1.03 bits per heavy atom. The molecule has 1 N–H and O–H groups in total. The van der Waals surface area contributed by atoms with Crippen molar-refractivity contribution in [2.24, 2.45) is 0 Å². The predicted molar refractivity (Wildman–Crippen MR) is 118 cm³/mol. The maximum atomic E-state index is 13.2. The van der Waals surface area contributed by atoms with E-state index >= 15 is 0 Å². The Morgan fingerprint density at radius 2 is 1.80 bits per heavy atom. The standard InChI is InChI=1S/C24H24N2O3S/c1-17-7-6-8-19(13-17)16-25-24(27)20-11-12-23-21(15-20)14-18(2)26(23)30(28,29)22-9-4-3-5-10-22/h3-13,15,18H,14,16H2,1-2H3,(H,25,27)/t18-/m1/s1. The van der Waals surface area contributed by atoms with Gasteiger partial charge in [0.2, 0.25) is 0 Å². The highest BCUT2D eigenvalue weighted by Gasteiger charge is 2.36. The van der Waals surface area contributed by atoms with Crippen LogP contribution in [-0.2, 0) is 23.0 Å². The monoisotopic (exact) mass is 420 g/mol. The number of amides is 1. The molecule has 30 heavy (non-hydrogen) atoms. The van der Waals surface area contributed by atoms with Gasteiger partial charge < -0.3 is 5.32 Å². The molecule has 1 heterocycles. The summed E-state index contributed by atoms with van der Waals surface area (Å²) in [4.78, 5) is 12.9. The van der Waals surface area contributed by atoms with Crippen molar-refractivity contribution in [2.75, 3.05) is 4.31 Å². The molecule has 3 aromatic carbocycles. The summed E-state index contributed by atoms with van der Waals surface area (Å²) >= 11 is 0.